The molecule has 1 aliphatic rings. The zero-order valence-corrected chi connectivity index (χ0v) is 22.1. The first-order valence-corrected chi connectivity index (χ1v) is 13.0. The van der Waals surface area contributed by atoms with E-state index in [9.17, 15) is 4.79 Å². The van der Waals surface area contributed by atoms with Crippen LogP contribution in [0.3, 0.4) is 0 Å². The molecule has 0 unspecified atom stereocenters. The smallest absolute Gasteiger partial charge is 0.208 e. The number of pyridine rings is 1. The Morgan fingerprint density at radius 1 is 1.03 bits per heavy atom. The van der Waals surface area contributed by atoms with Gasteiger partial charge in [0.25, 0.3) is 0 Å². The van der Waals surface area contributed by atoms with E-state index in [4.69, 9.17) is 9.72 Å². The minimum absolute atomic E-state index is 0.0737. The average Bonchev–Trinajstić information content (AvgIpc) is 3.46. The largest absolute Gasteiger partial charge is 0.457 e. The number of Topliss-reactive ketones (excluding diaryl/α,β-unsaturated/α-hetero) is 1. The van der Waals surface area contributed by atoms with Crippen LogP contribution in [0.1, 0.15) is 44.9 Å². The molecule has 7 nitrogen and oxygen atoms in total. The molecule has 1 aliphatic heterocycles. The summed E-state index contributed by atoms with van der Waals surface area (Å²) >= 11 is 0. The number of nitrogens with one attached hydrogen (secondary N) is 1. The van der Waals surface area contributed by atoms with Crippen molar-refractivity contribution < 1.29 is 9.53 Å². The maximum absolute atomic E-state index is 12.5. The van der Waals surface area contributed by atoms with Crippen LogP contribution in [0.4, 0.5) is 11.6 Å². The first-order valence-electron chi connectivity index (χ1n) is 13.0. The zero-order valence-electron chi connectivity index (χ0n) is 22.1. The van der Waals surface area contributed by atoms with Crippen LogP contribution in [-0.4, -0.2) is 44.9 Å². The molecule has 1 saturated heterocycles. The molecule has 0 bridgehead atoms. The Hall–Kier alpha value is -3.71. The third-order valence-electron chi connectivity index (χ3n) is 6.84. The molecule has 1 fully saturated rings. The number of imidazole rings is 1. The molecule has 0 saturated carbocycles. The molecular weight excluding hydrogens is 462 g/mol. The second-order valence-corrected chi connectivity index (χ2v) is 10.9. The lowest BCUT2D eigenvalue weighted by molar-refractivity contribution is -0.119. The average molecular weight is 498 g/mol. The number of benzene rings is 2. The Morgan fingerprint density at radius 3 is 2.59 bits per heavy atom. The summed E-state index contributed by atoms with van der Waals surface area (Å²) in [5.41, 5.74) is 4.91. The number of hydrogen-bond acceptors (Lipinski definition) is 6. The van der Waals surface area contributed by atoms with Crippen molar-refractivity contribution in [2.75, 3.05) is 25.0 Å². The molecule has 4 aromatic rings. The number of carbonyl (C=O) groups is 1. The number of likely N-dealkylation sites (tertiary alicyclic amines) is 1. The summed E-state index contributed by atoms with van der Waals surface area (Å²) in [4.78, 5) is 23.9. The van der Waals surface area contributed by atoms with Gasteiger partial charge in [-0.05, 0) is 67.2 Å². The monoisotopic (exact) mass is 497 g/mol. The molecule has 0 aliphatic carbocycles. The second kappa shape index (κ2) is 10.3. The van der Waals surface area contributed by atoms with Crippen molar-refractivity contribution in [3.8, 4) is 11.5 Å². The minimum Gasteiger partial charge on any atom is -0.457 e. The van der Waals surface area contributed by atoms with E-state index < -0.39 is 0 Å². The number of aromatic nitrogens is 3. The van der Waals surface area contributed by atoms with Crippen molar-refractivity contribution >= 4 is 28.5 Å². The van der Waals surface area contributed by atoms with E-state index in [0.29, 0.717) is 24.5 Å². The van der Waals surface area contributed by atoms with Gasteiger partial charge in [-0.15, -0.1) is 0 Å². The van der Waals surface area contributed by atoms with Gasteiger partial charge in [-0.25, -0.2) is 4.98 Å². The number of rotatable bonds is 8. The van der Waals surface area contributed by atoms with Crippen molar-refractivity contribution in [1.29, 1.82) is 0 Å². The zero-order chi connectivity index (χ0) is 26.0. The fourth-order valence-electron chi connectivity index (χ4n) is 4.75. The van der Waals surface area contributed by atoms with E-state index in [0.717, 1.165) is 41.5 Å². The Kier molecular flexibility index (Phi) is 6.98. The van der Waals surface area contributed by atoms with Crippen LogP contribution in [0.25, 0.3) is 11.0 Å². The van der Waals surface area contributed by atoms with Crippen LogP contribution >= 0.6 is 0 Å². The molecule has 0 amide bonds. The molecule has 37 heavy (non-hydrogen) atoms. The summed E-state index contributed by atoms with van der Waals surface area (Å²) in [6, 6.07) is 18.0. The predicted octanol–water partition coefficient (Wildman–Crippen LogP) is 6.01. The maximum atomic E-state index is 12.5. The van der Waals surface area contributed by atoms with Crippen LogP contribution in [0.5, 0.6) is 11.5 Å². The van der Waals surface area contributed by atoms with Crippen molar-refractivity contribution in [1.82, 2.24) is 19.4 Å². The van der Waals surface area contributed by atoms with Crippen molar-refractivity contribution in [3.63, 3.8) is 0 Å². The molecular formula is C30H35N5O2. The van der Waals surface area contributed by atoms with Gasteiger partial charge in [0.15, 0.2) is 5.78 Å². The molecule has 5 rings (SSSR count). The number of nitrogens with zero attached hydrogens (tertiary/aromatic N) is 4. The Morgan fingerprint density at radius 2 is 1.81 bits per heavy atom. The molecule has 7 heteroatoms. The summed E-state index contributed by atoms with van der Waals surface area (Å²) < 4.78 is 8.17. The number of ether oxygens (including phenoxy) is 1. The highest BCUT2D eigenvalue weighted by Crippen LogP contribution is 2.30. The maximum Gasteiger partial charge on any atom is 0.208 e. The topological polar surface area (TPSA) is 72.3 Å². The fraction of sp³-hybridized carbons (Fsp3) is 0.367. The van der Waals surface area contributed by atoms with Crippen molar-refractivity contribution in [3.05, 3.63) is 72.1 Å². The first kappa shape index (κ1) is 25.0. The third kappa shape index (κ3) is 6.00. The number of fused-ring (bicyclic) bond motifs is 1. The van der Waals surface area contributed by atoms with Crippen LogP contribution in [0.15, 0.2) is 60.8 Å². The van der Waals surface area contributed by atoms with E-state index in [2.05, 4.69) is 60.2 Å². The fourth-order valence-corrected chi connectivity index (χ4v) is 4.75. The van der Waals surface area contributed by atoms with Crippen LogP contribution < -0.4 is 10.1 Å². The predicted molar refractivity (Wildman–Crippen MR) is 148 cm³/mol. The van der Waals surface area contributed by atoms with Crippen LogP contribution in [-0.2, 0) is 23.7 Å². The van der Waals surface area contributed by atoms with Gasteiger partial charge in [-0.1, -0.05) is 32.9 Å². The quantitative estimate of drug-likeness (QED) is 0.321. The van der Waals surface area contributed by atoms with Gasteiger partial charge in [0.05, 0.1) is 29.7 Å². The van der Waals surface area contributed by atoms with E-state index >= 15 is 0 Å². The van der Waals surface area contributed by atoms with E-state index in [1.165, 1.54) is 18.4 Å². The molecule has 3 heterocycles. The molecule has 2 aromatic carbocycles. The molecule has 0 radical (unpaired) electrons. The van der Waals surface area contributed by atoms with E-state index in [1.807, 2.05) is 41.9 Å². The lowest BCUT2D eigenvalue weighted by atomic mass is 9.87. The molecule has 2 aromatic heterocycles. The first-order chi connectivity index (χ1) is 17.7. The third-order valence-corrected chi connectivity index (χ3v) is 6.84. The highest BCUT2D eigenvalue weighted by molar-refractivity contribution is 5.83. The van der Waals surface area contributed by atoms with Gasteiger partial charge in [-0.2, -0.15) is 0 Å². The number of hydrogen-bond donors (Lipinski definition) is 1. The van der Waals surface area contributed by atoms with Crippen molar-refractivity contribution in [2.24, 2.45) is 7.05 Å². The summed E-state index contributed by atoms with van der Waals surface area (Å²) in [6.45, 7) is 9.15. The van der Waals surface area contributed by atoms with Gasteiger partial charge in [0.1, 0.15) is 11.5 Å². The van der Waals surface area contributed by atoms with Crippen LogP contribution in [0.2, 0.25) is 0 Å². The SMILES string of the molecule is Cn1c(Nc2cccc(C(C)(C)C)c2)nc2cc(Oc3ccnc(CC(=O)CN4CCCC4)c3)ccc21. The molecule has 0 spiro atoms. The van der Waals surface area contributed by atoms with Gasteiger partial charge >= 0.3 is 0 Å². The highest BCUT2D eigenvalue weighted by Gasteiger charge is 2.17. The van der Waals surface area contributed by atoms with Gasteiger partial charge in [-0.3, -0.25) is 14.7 Å². The summed E-state index contributed by atoms with van der Waals surface area (Å²) in [6.07, 6.45) is 4.37. The molecule has 1 N–H and O–H groups in total. The normalized spacial score (nSPS) is 14.3. The Labute approximate surface area is 218 Å². The summed E-state index contributed by atoms with van der Waals surface area (Å²) in [5, 5.41) is 3.46. The number of aryl methyl sites for hydroxylation is 1. The van der Waals surface area contributed by atoms with E-state index in [1.54, 1.807) is 6.20 Å². The van der Waals surface area contributed by atoms with Gasteiger partial charge < -0.3 is 14.6 Å². The summed E-state index contributed by atoms with van der Waals surface area (Å²) in [7, 11) is 2.00. The van der Waals surface area contributed by atoms with Gasteiger partial charge in [0.2, 0.25) is 5.95 Å². The molecule has 192 valence electrons. The van der Waals surface area contributed by atoms with Crippen LogP contribution in [0, 0.1) is 0 Å². The van der Waals surface area contributed by atoms with E-state index in [-0.39, 0.29) is 11.2 Å². The Bertz CT molecular complexity index is 1410. The summed E-state index contributed by atoms with van der Waals surface area (Å²) in [5.74, 6) is 2.30. The van der Waals surface area contributed by atoms with Crippen molar-refractivity contribution in [2.45, 2.75) is 45.4 Å². The standard InChI is InChI=1S/C30H35N5O2/c1-30(2,3)21-8-7-9-22(16-21)32-29-33-27-19-25(10-11-28(27)34(29)4)37-26-12-13-31-23(18-26)17-24(36)20-35-14-5-6-15-35/h7-13,16,18-19H,5-6,14-15,17,20H2,1-4H3,(H,32,33). The van der Waals surface area contributed by atoms with Gasteiger partial charge in [0, 0.05) is 31.1 Å². The second-order valence-electron chi connectivity index (χ2n) is 10.9. The highest BCUT2D eigenvalue weighted by atomic mass is 16.5. The minimum atomic E-state index is 0.0737. The number of anilines is 2. The lowest BCUT2D eigenvalue weighted by Gasteiger charge is -2.20. The Balaban J connectivity index is 1.29. The number of carbonyl (C=O) groups excluding carboxylic acids is 1. The molecule has 0 atom stereocenters. The lowest BCUT2D eigenvalue weighted by Crippen LogP contribution is -2.27. The number of ketones is 1.